The van der Waals surface area contributed by atoms with Gasteiger partial charge in [0.25, 0.3) is 0 Å². The van der Waals surface area contributed by atoms with E-state index in [-0.39, 0.29) is 24.8 Å². The van der Waals surface area contributed by atoms with Gasteiger partial charge < -0.3 is 16.4 Å². The summed E-state index contributed by atoms with van der Waals surface area (Å²) in [6, 6.07) is 4.82. The summed E-state index contributed by atoms with van der Waals surface area (Å²) in [7, 11) is 0. The van der Waals surface area contributed by atoms with E-state index >= 15 is 0 Å². The summed E-state index contributed by atoms with van der Waals surface area (Å²) >= 11 is 0. The molecule has 19 heavy (non-hydrogen) atoms. The van der Waals surface area contributed by atoms with Crippen molar-refractivity contribution >= 4 is 11.6 Å². The third-order valence-electron chi connectivity index (χ3n) is 3.66. The molecule has 1 aromatic rings. The van der Waals surface area contributed by atoms with Crippen LogP contribution >= 0.6 is 0 Å². The van der Waals surface area contributed by atoms with E-state index in [1.54, 1.807) is 6.07 Å². The first-order valence-corrected chi connectivity index (χ1v) is 6.65. The van der Waals surface area contributed by atoms with Crippen LogP contribution in [-0.2, 0) is 11.3 Å². The molecule has 4 N–H and O–H groups in total. The average Bonchev–Trinajstić information content (AvgIpc) is 2.89. The normalized spacial score (nSPS) is 15.7. The van der Waals surface area contributed by atoms with Gasteiger partial charge in [0.15, 0.2) is 0 Å². The maximum Gasteiger partial charge on any atom is 0.236 e. The zero-order chi connectivity index (χ0) is 13.8. The van der Waals surface area contributed by atoms with Gasteiger partial charge in [0.1, 0.15) is 5.82 Å². The Morgan fingerprint density at radius 2 is 2.05 bits per heavy atom. The van der Waals surface area contributed by atoms with Crippen LogP contribution in [0.25, 0.3) is 0 Å². The highest BCUT2D eigenvalue weighted by Gasteiger charge is 2.25. The van der Waals surface area contributed by atoms with Crippen molar-refractivity contribution in [2.75, 3.05) is 11.4 Å². The number of amides is 1. The van der Waals surface area contributed by atoms with Gasteiger partial charge in [-0.2, -0.15) is 0 Å². The van der Waals surface area contributed by atoms with Crippen LogP contribution in [0.4, 0.5) is 10.1 Å². The summed E-state index contributed by atoms with van der Waals surface area (Å²) in [5.74, 6) is -0.686. The molecule has 5 heteroatoms. The second-order valence-corrected chi connectivity index (χ2v) is 5.01. The number of rotatable bonds is 5. The fourth-order valence-corrected chi connectivity index (χ4v) is 2.79. The SMILES string of the molecule is NCc1cc(F)ccc1N(CC(N)=O)C1CCCC1. The van der Waals surface area contributed by atoms with E-state index in [2.05, 4.69) is 0 Å². The second-order valence-electron chi connectivity index (χ2n) is 5.01. The summed E-state index contributed by atoms with van der Waals surface area (Å²) in [5.41, 5.74) is 12.6. The van der Waals surface area contributed by atoms with E-state index in [4.69, 9.17) is 11.5 Å². The van der Waals surface area contributed by atoms with E-state index in [0.29, 0.717) is 11.6 Å². The lowest BCUT2D eigenvalue weighted by Gasteiger charge is -2.31. The number of carbonyl (C=O) groups excluding carboxylic acids is 1. The Kier molecular flexibility index (Phi) is 4.37. The Balaban J connectivity index is 2.33. The number of halogens is 1. The lowest BCUT2D eigenvalue weighted by atomic mass is 10.1. The Morgan fingerprint density at radius 3 is 2.63 bits per heavy atom. The van der Waals surface area contributed by atoms with Gasteiger partial charge in [-0.25, -0.2) is 4.39 Å². The van der Waals surface area contributed by atoms with Gasteiger partial charge in [0.05, 0.1) is 6.54 Å². The van der Waals surface area contributed by atoms with Crippen LogP contribution in [0.15, 0.2) is 18.2 Å². The van der Waals surface area contributed by atoms with Crippen molar-refractivity contribution in [1.82, 2.24) is 0 Å². The molecule has 4 nitrogen and oxygen atoms in total. The number of anilines is 1. The molecule has 1 amide bonds. The molecule has 0 aliphatic heterocycles. The molecule has 0 radical (unpaired) electrons. The molecule has 0 heterocycles. The van der Waals surface area contributed by atoms with Gasteiger partial charge in [0.2, 0.25) is 5.91 Å². The highest BCUT2D eigenvalue weighted by atomic mass is 19.1. The van der Waals surface area contributed by atoms with Crippen LogP contribution in [0.3, 0.4) is 0 Å². The first kappa shape index (κ1) is 13.8. The Labute approximate surface area is 112 Å². The monoisotopic (exact) mass is 265 g/mol. The zero-order valence-electron chi connectivity index (χ0n) is 10.9. The van der Waals surface area contributed by atoms with Crippen LogP contribution in [0.5, 0.6) is 0 Å². The maximum absolute atomic E-state index is 13.3. The number of hydrogen-bond acceptors (Lipinski definition) is 3. The van der Waals surface area contributed by atoms with E-state index < -0.39 is 0 Å². The van der Waals surface area contributed by atoms with Crippen LogP contribution < -0.4 is 16.4 Å². The molecular formula is C14H20FN3O. The van der Waals surface area contributed by atoms with Gasteiger partial charge in [-0.1, -0.05) is 12.8 Å². The largest absolute Gasteiger partial charge is 0.368 e. The smallest absolute Gasteiger partial charge is 0.236 e. The molecule has 0 aromatic heterocycles. The number of primary amides is 1. The van der Waals surface area contributed by atoms with Gasteiger partial charge in [-0.05, 0) is 36.6 Å². The third-order valence-corrected chi connectivity index (χ3v) is 3.66. The van der Waals surface area contributed by atoms with Crippen LogP contribution in [-0.4, -0.2) is 18.5 Å². The zero-order valence-corrected chi connectivity index (χ0v) is 10.9. The van der Waals surface area contributed by atoms with Crippen molar-refractivity contribution in [3.05, 3.63) is 29.6 Å². The first-order valence-electron chi connectivity index (χ1n) is 6.65. The molecule has 1 aromatic carbocycles. The van der Waals surface area contributed by atoms with Crippen molar-refractivity contribution in [3.8, 4) is 0 Å². The van der Waals surface area contributed by atoms with E-state index in [9.17, 15) is 9.18 Å². The number of benzene rings is 1. The quantitative estimate of drug-likeness (QED) is 0.847. The van der Waals surface area contributed by atoms with Gasteiger partial charge in [0, 0.05) is 18.3 Å². The van der Waals surface area contributed by atoms with E-state index in [0.717, 1.165) is 31.4 Å². The predicted molar refractivity (Wildman–Crippen MR) is 73.1 cm³/mol. The van der Waals surface area contributed by atoms with Crippen molar-refractivity contribution in [1.29, 1.82) is 0 Å². The van der Waals surface area contributed by atoms with Crippen molar-refractivity contribution < 1.29 is 9.18 Å². The maximum atomic E-state index is 13.3. The summed E-state index contributed by atoms with van der Waals surface area (Å²) < 4.78 is 13.3. The minimum atomic E-state index is -0.376. The van der Waals surface area contributed by atoms with Gasteiger partial charge in [-0.3, -0.25) is 4.79 Å². The second kappa shape index (κ2) is 6.02. The molecule has 104 valence electrons. The Hall–Kier alpha value is -1.62. The topological polar surface area (TPSA) is 72.3 Å². The molecule has 0 saturated heterocycles. The highest BCUT2D eigenvalue weighted by molar-refractivity contribution is 5.80. The molecule has 0 atom stereocenters. The summed E-state index contributed by atoms with van der Waals surface area (Å²) in [5, 5.41) is 0. The minimum Gasteiger partial charge on any atom is -0.368 e. The number of carbonyl (C=O) groups is 1. The van der Waals surface area contributed by atoms with Crippen molar-refractivity contribution in [2.24, 2.45) is 11.5 Å². The molecule has 1 saturated carbocycles. The third kappa shape index (κ3) is 3.23. The average molecular weight is 265 g/mol. The molecule has 2 rings (SSSR count). The predicted octanol–water partition coefficient (Wildman–Crippen LogP) is 1.52. The number of hydrogen-bond donors (Lipinski definition) is 2. The molecule has 1 fully saturated rings. The molecule has 0 spiro atoms. The lowest BCUT2D eigenvalue weighted by molar-refractivity contribution is -0.116. The molecule has 0 bridgehead atoms. The van der Waals surface area contributed by atoms with Crippen molar-refractivity contribution in [3.63, 3.8) is 0 Å². The van der Waals surface area contributed by atoms with E-state index in [1.165, 1.54) is 12.1 Å². The summed E-state index contributed by atoms with van der Waals surface area (Å²) in [6.45, 7) is 0.401. The van der Waals surface area contributed by atoms with E-state index in [1.807, 2.05) is 4.90 Å². The Bertz CT molecular complexity index is 458. The molecular weight excluding hydrogens is 245 g/mol. The standard InChI is InChI=1S/C14H20FN3O/c15-11-5-6-13(10(7-11)8-16)18(9-14(17)19)12-3-1-2-4-12/h5-7,12H,1-4,8-9,16H2,(H2,17,19). The highest BCUT2D eigenvalue weighted by Crippen LogP contribution is 2.30. The summed E-state index contributed by atoms with van der Waals surface area (Å²) in [4.78, 5) is 13.3. The summed E-state index contributed by atoms with van der Waals surface area (Å²) in [6.07, 6.45) is 4.38. The molecule has 1 aliphatic rings. The number of nitrogens with zero attached hydrogens (tertiary/aromatic N) is 1. The fraction of sp³-hybridized carbons (Fsp3) is 0.500. The minimum absolute atomic E-state index is 0.156. The fourth-order valence-electron chi connectivity index (χ4n) is 2.79. The number of nitrogens with two attached hydrogens (primary N) is 2. The first-order chi connectivity index (χ1) is 9.11. The van der Waals surface area contributed by atoms with Crippen molar-refractivity contribution in [2.45, 2.75) is 38.3 Å². The molecule has 1 aliphatic carbocycles. The Morgan fingerprint density at radius 1 is 1.37 bits per heavy atom. The van der Waals surface area contributed by atoms with Crippen LogP contribution in [0.1, 0.15) is 31.2 Å². The van der Waals surface area contributed by atoms with Crippen LogP contribution in [0, 0.1) is 5.82 Å². The lowest BCUT2D eigenvalue weighted by Crippen LogP contribution is -2.40. The van der Waals surface area contributed by atoms with Gasteiger partial charge >= 0.3 is 0 Å². The molecule has 0 unspecified atom stereocenters. The van der Waals surface area contributed by atoms with Crippen LogP contribution in [0.2, 0.25) is 0 Å². The van der Waals surface area contributed by atoms with Gasteiger partial charge in [-0.15, -0.1) is 0 Å².